The van der Waals surface area contributed by atoms with Crippen LogP contribution >= 0.6 is 0 Å². The molecule has 1 aromatic rings. The summed E-state index contributed by atoms with van der Waals surface area (Å²) in [4.78, 5) is 0. The number of hydrogen-bond donors (Lipinski definition) is 1. The summed E-state index contributed by atoms with van der Waals surface area (Å²) >= 11 is 0. The lowest BCUT2D eigenvalue weighted by Crippen LogP contribution is -2.18. The van der Waals surface area contributed by atoms with E-state index in [1.54, 1.807) is 12.1 Å². The molecule has 0 saturated heterocycles. The van der Waals surface area contributed by atoms with Crippen molar-refractivity contribution in [2.45, 2.75) is 13.1 Å². The number of anilines is 1. The van der Waals surface area contributed by atoms with E-state index < -0.39 is 6.17 Å². The van der Waals surface area contributed by atoms with E-state index in [9.17, 15) is 4.39 Å². The summed E-state index contributed by atoms with van der Waals surface area (Å²) in [5, 5.41) is 3.17. The highest BCUT2D eigenvalue weighted by molar-refractivity contribution is 5.59. The van der Waals surface area contributed by atoms with Crippen LogP contribution in [0, 0.1) is 0 Å². The number of benzene rings is 1. The Labute approximate surface area is 76.7 Å². The molecule has 2 nitrogen and oxygen atoms in total. The molecule has 0 radical (unpaired) electrons. The van der Waals surface area contributed by atoms with Crippen LogP contribution in [0.2, 0.25) is 0 Å². The molecular formula is C10H12FNO. The van der Waals surface area contributed by atoms with Gasteiger partial charge in [0.1, 0.15) is 18.5 Å². The second-order valence-electron chi connectivity index (χ2n) is 3.15. The van der Waals surface area contributed by atoms with E-state index in [0.29, 0.717) is 12.2 Å². The van der Waals surface area contributed by atoms with Crippen molar-refractivity contribution in [3.63, 3.8) is 0 Å². The SMILES string of the molecule is CC(F)c1ccc2c(c1)NCCO2. The Kier molecular flexibility index (Phi) is 2.08. The van der Waals surface area contributed by atoms with Gasteiger partial charge in [0.05, 0.1) is 5.69 Å². The lowest BCUT2D eigenvalue weighted by Gasteiger charge is -2.19. The van der Waals surface area contributed by atoms with E-state index >= 15 is 0 Å². The highest BCUT2D eigenvalue weighted by Crippen LogP contribution is 2.30. The van der Waals surface area contributed by atoms with Gasteiger partial charge in [-0.2, -0.15) is 0 Å². The maximum Gasteiger partial charge on any atom is 0.142 e. The molecule has 13 heavy (non-hydrogen) atoms. The molecule has 1 atom stereocenters. The number of alkyl halides is 1. The number of nitrogens with one attached hydrogen (secondary N) is 1. The molecule has 0 fully saturated rings. The molecule has 70 valence electrons. The summed E-state index contributed by atoms with van der Waals surface area (Å²) in [6, 6.07) is 5.38. The van der Waals surface area contributed by atoms with Gasteiger partial charge in [-0.05, 0) is 24.6 Å². The summed E-state index contributed by atoms with van der Waals surface area (Å²) < 4.78 is 18.3. The molecule has 0 saturated carbocycles. The first-order valence-corrected chi connectivity index (χ1v) is 4.42. The van der Waals surface area contributed by atoms with Crippen LogP contribution in [-0.2, 0) is 0 Å². The van der Waals surface area contributed by atoms with Gasteiger partial charge in [0, 0.05) is 6.54 Å². The van der Waals surface area contributed by atoms with Crippen LogP contribution in [0.5, 0.6) is 5.75 Å². The fraction of sp³-hybridized carbons (Fsp3) is 0.400. The average molecular weight is 181 g/mol. The van der Waals surface area contributed by atoms with Gasteiger partial charge in [-0.25, -0.2) is 4.39 Å². The normalized spacial score (nSPS) is 16.8. The molecule has 1 unspecified atom stereocenters. The number of fused-ring (bicyclic) bond motifs is 1. The van der Waals surface area contributed by atoms with Crippen molar-refractivity contribution in [1.29, 1.82) is 0 Å². The Hall–Kier alpha value is -1.25. The van der Waals surface area contributed by atoms with Crippen molar-refractivity contribution < 1.29 is 9.13 Å². The standard InChI is InChI=1S/C10H12FNO/c1-7(11)8-2-3-10-9(6-8)12-4-5-13-10/h2-3,6-7,12H,4-5H2,1H3. The summed E-state index contributed by atoms with van der Waals surface area (Å²) in [7, 11) is 0. The minimum absolute atomic E-state index is 0.678. The fourth-order valence-corrected chi connectivity index (χ4v) is 1.41. The van der Waals surface area contributed by atoms with Crippen LogP contribution < -0.4 is 10.1 Å². The largest absolute Gasteiger partial charge is 0.490 e. The van der Waals surface area contributed by atoms with E-state index in [2.05, 4.69) is 5.32 Å². The smallest absolute Gasteiger partial charge is 0.142 e. The van der Waals surface area contributed by atoms with Crippen LogP contribution in [0.15, 0.2) is 18.2 Å². The van der Waals surface area contributed by atoms with Gasteiger partial charge < -0.3 is 10.1 Å². The number of hydrogen-bond acceptors (Lipinski definition) is 2. The molecule has 0 amide bonds. The molecule has 0 spiro atoms. The van der Waals surface area contributed by atoms with Crippen molar-refractivity contribution in [2.24, 2.45) is 0 Å². The molecule has 0 bridgehead atoms. The third-order valence-electron chi connectivity index (χ3n) is 2.14. The van der Waals surface area contributed by atoms with Gasteiger partial charge in [-0.3, -0.25) is 0 Å². The van der Waals surface area contributed by atoms with E-state index in [1.807, 2.05) is 6.07 Å². The van der Waals surface area contributed by atoms with Gasteiger partial charge in [0.2, 0.25) is 0 Å². The molecule has 1 aliphatic heterocycles. The molecule has 0 aliphatic carbocycles. The highest BCUT2D eigenvalue weighted by Gasteiger charge is 2.11. The first-order valence-electron chi connectivity index (χ1n) is 4.42. The molecule has 1 N–H and O–H groups in total. The summed E-state index contributed by atoms with van der Waals surface area (Å²) in [6.07, 6.45) is -0.922. The number of halogens is 1. The van der Waals surface area contributed by atoms with Crippen LogP contribution in [0.25, 0.3) is 0 Å². The van der Waals surface area contributed by atoms with E-state index in [4.69, 9.17) is 4.74 Å². The zero-order chi connectivity index (χ0) is 9.26. The lowest BCUT2D eigenvalue weighted by atomic mass is 10.1. The van der Waals surface area contributed by atoms with Gasteiger partial charge in [-0.1, -0.05) is 6.07 Å². The second kappa shape index (κ2) is 3.24. The number of rotatable bonds is 1. The fourth-order valence-electron chi connectivity index (χ4n) is 1.41. The Balaban J connectivity index is 2.35. The van der Waals surface area contributed by atoms with Gasteiger partial charge in [-0.15, -0.1) is 0 Å². The predicted molar refractivity (Wildman–Crippen MR) is 49.9 cm³/mol. The van der Waals surface area contributed by atoms with Gasteiger partial charge in [0.15, 0.2) is 0 Å². The predicted octanol–water partition coefficient (Wildman–Crippen LogP) is 2.52. The first kappa shape index (κ1) is 8.35. The van der Waals surface area contributed by atoms with Crippen LogP contribution in [0.1, 0.15) is 18.7 Å². The van der Waals surface area contributed by atoms with E-state index in [1.165, 1.54) is 6.92 Å². The summed E-state index contributed by atoms with van der Waals surface area (Å²) in [5.74, 6) is 0.815. The van der Waals surface area contributed by atoms with Crippen molar-refractivity contribution in [2.75, 3.05) is 18.5 Å². The molecule has 0 aromatic heterocycles. The second-order valence-corrected chi connectivity index (χ2v) is 3.15. The zero-order valence-corrected chi connectivity index (χ0v) is 7.51. The Morgan fingerprint density at radius 2 is 2.38 bits per heavy atom. The monoisotopic (exact) mass is 181 g/mol. The van der Waals surface area contributed by atoms with E-state index in [0.717, 1.165) is 18.0 Å². The Bertz CT molecular complexity index is 312. The molecule has 1 aromatic carbocycles. The minimum Gasteiger partial charge on any atom is -0.490 e. The van der Waals surface area contributed by atoms with Gasteiger partial charge in [0.25, 0.3) is 0 Å². The minimum atomic E-state index is -0.922. The van der Waals surface area contributed by atoms with Crippen molar-refractivity contribution in [3.05, 3.63) is 23.8 Å². The van der Waals surface area contributed by atoms with E-state index in [-0.39, 0.29) is 0 Å². The molecule has 2 rings (SSSR count). The third-order valence-corrected chi connectivity index (χ3v) is 2.14. The Morgan fingerprint density at radius 1 is 1.54 bits per heavy atom. The maximum absolute atomic E-state index is 12.9. The Morgan fingerprint density at radius 3 is 3.15 bits per heavy atom. The molecule has 3 heteroatoms. The maximum atomic E-state index is 12.9. The van der Waals surface area contributed by atoms with Crippen molar-refractivity contribution in [3.8, 4) is 5.75 Å². The zero-order valence-electron chi connectivity index (χ0n) is 7.51. The highest BCUT2D eigenvalue weighted by atomic mass is 19.1. The average Bonchev–Trinajstić information content (AvgIpc) is 2.17. The topological polar surface area (TPSA) is 21.3 Å². The molecule has 1 aliphatic rings. The quantitative estimate of drug-likeness (QED) is 0.718. The van der Waals surface area contributed by atoms with Crippen molar-refractivity contribution >= 4 is 5.69 Å². The van der Waals surface area contributed by atoms with Crippen LogP contribution in [0.3, 0.4) is 0 Å². The summed E-state index contributed by atoms with van der Waals surface area (Å²) in [6.45, 7) is 3.00. The summed E-state index contributed by atoms with van der Waals surface area (Å²) in [5.41, 5.74) is 1.59. The lowest BCUT2D eigenvalue weighted by molar-refractivity contribution is 0.322. The van der Waals surface area contributed by atoms with Gasteiger partial charge >= 0.3 is 0 Å². The number of ether oxygens (including phenoxy) is 1. The van der Waals surface area contributed by atoms with Crippen LogP contribution in [-0.4, -0.2) is 13.2 Å². The van der Waals surface area contributed by atoms with Crippen LogP contribution in [0.4, 0.5) is 10.1 Å². The molecular weight excluding hydrogens is 169 g/mol. The van der Waals surface area contributed by atoms with Crippen molar-refractivity contribution in [1.82, 2.24) is 0 Å². The molecule has 1 heterocycles. The third kappa shape index (κ3) is 1.59. The first-order chi connectivity index (χ1) is 6.27.